The number of rotatable bonds is 18. The second-order valence-electron chi connectivity index (χ2n) is 17.9. The topological polar surface area (TPSA) is 399 Å². The number of aromatic amines is 1. The van der Waals surface area contributed by atoms with Crippen molar-refractivity contribution in [3.8, 4) is 0 Å². The van der Waals surface area contributed by atoms with Gasteiger partial charge >= 0.3 is 0 Å². The first-order valence-electron chi connectivity index (χ1n) is 24.4. The minimum atomic E-state index is -1.64. The van der Waals surface area contributed by atoms with E-state index in [-0.39, 0.29) is 76.8 Å². The molecular formula is C49H70N14O10. The summed E-state index contributed by atoms with van der Waals surface area (Å²) in [5, 5.41) is 21.8. The van der Waals surface area contributed by atoms with Crippen molar-refractivity contribution in [2.24, 2.45) is 27.9 Å². The number of hydrogen-bond donors (Lipinski definition) is 13. The molecule has 73 heavy (non-hydrogen) atoms. The largest absolute Gasteiger partial charge is 0.370 e. The van der Waals surface area contributed by atoms with Gasteiger partial charge in [0.2, 0.25) is 59.1 Å². The highest BCUT2D eigenvalue weighted by Gasteiger charge is 2.35. The molecular weight excluding hydrogens is 945 g/mol. The van der Waals surface area contributed by atoms with Crippen LogP contribution < -0.4 is 65.5 Å². The molecule has 1 aliphatic heterocycles. The number of benzene rings is 2. The van der Waals surface area contributed by atoms with Crippen molar-refractivity contribution in [1.82, 2.24) is 47.5 Å². The smallest absolute Gasteiger partial charge is 0.243 e. The number of carbonyl (C=O) groups excluding carboxylic acids is 10. The van der Waals surface area contributed by atoms with E-state index in [4.69, 9.17) is 22.9 Å². The molecule has 0 bridgehead atoms. The first-order chi connectivity index (χ1) is 34.8. The number of nitrogens with one attached hydrogen (secondary N) is 9. The first kappa shape index (κ1) is 57.5. The monoisotopic (exact) mass is 1010 g/mol. The summed E-state index contributed by atoms with van der Waals surface area (Å²) < 4.78 is 0. The summed E-state index contributed by atoms with van der Waals surface area (Å²) in [5.41, 5.74) is 24.3. The number of primary amides is 2. The van der Waals surface area contributed by atoms with E-state index >= 15 is 0 Å². The lowest BCUT2D eigenvalue weighted by atomic mass is 10.0. The third kappa shape index (κ3) is 19.6. The minimum Gasteiger partial charge on any atom is -0.370 e. The zero-order valence-corrected chi connectivity index (χ0v) is 41.3. The highest BCUT2D eigenvalue weighted by atomic mass is 16.2. The van der Waals surface area contributed by atoms with Gasteiger partial charge in [0.15, 0.2) is 5.96 Å². The van der Waals surface area contributed by atoms with Gasteiger partial charge in [-0.2, -0.15) is 0 Å². The highest BCUT2D eigenvalue weighted by Crippen LogP contribution is 2.20. The van der Waals surface area contributed by atoms with Gasteiger partial charge in [0.25, 0.3) is 0 Å². The van der Waals surface area contributed by atoms with E-state index in [2.05, 4.69) is 52.5 Å². The van der Waals surface area contributed by atoms with E-state index in [9.17, 15) is 47.9 Å². The summed E-state index contributed by atoms with van der Waals surface area (Å²) in [6.45, 7) is 3.16. The highest BCUT2D eigenvalue weighted by molar-refractivity contribution is 5.99. The molecule has 7 atom stereocenters. The van der Waals surface area contributed by atoms with Gasteiger partial charge < -0.3 is 70.5 Å². The summed E-state index contributed by atoms with van der Waals surface area (Å²) in [5.74, 6) is -8.37. The normalized spacial score (nSPS) is 21.4. The quantitative estimate of drug-likeness (QED) is 0.0376. The Hall–Kier alpha value is -8.05. The molecule has 0 saturated carbocycles. The van der Waals surface area contributed by atoms with Gasteiger partial charge in [0.1, 0.15) is 42.3 Å². The Kier molecular flexibility index (Phi) is 23.1. The molecule has 24 heteroatoms. The van der Waals surface area contributed by atoms with Crippen molar-refractivity contribution < 1.29 is 47.9 Å². The van der Waals surface area contributed by atoms with Crippen LogP contribution in [0, 0.1) is 0 Å². The third-order valence-corrected chi connectivity index (χ3v) is 12.0. The maximum atomic E-state index is 14.6. The summed E-state index contributed by atoms with van der Waals surface area (Å²) in [7, 11) is 0. The van der Waals surface area contributed by atoms with E-state index in [0.29, 0.717) is 24.0 Å². The predicted octanol–water partition coefficient (Wildman–Crippen LogP) is -1.95. The predicted molar refractivity (Wildman–Crippen MR) is 270 cm³/mol. The molecule has 0 radical (unpaired) electrons. The van der Waals surface area contributed by atoms with E-state index < -0.39 is 114 Å². The second-order valence-corrected chi connectivity index (χ2v) is 17.9. The molecule has 24 nitrogen and oxygen atoms in total. The maximum Gasteiger partial charge on any atom is 0.243 e. The fourth-order valence-corrected chi connectivity index (χ4v) is 8.13. The zero-order chi connectivity index (χ0) is 53.5. The van der Waals surface area contributed by atoms with Crippen LogP contribution in [0.5, 0.6) is 0 Å². The van der Waals surface area contributed by atoms with Gasteiger partial charge in [-0.05, 0) is 62.1 Å². The zero-order valence-electron chi connectivity index (χ0n) is 41.3. The molecule has 10 amide bonds. The first-order valence-corrected chi connectivity index (χ1v) is 24.4. The lowest BCUT2D eigenvalue weighted by Crippen LogP contribution is -2.60. The number of para-hydroxylation sites is 1. The summed E-state index contributed by atoms with van der Waals surface area (Å²) >= 11 is 0. The number of nitrogens with zero attached hydrogens (tertiary/aromatic N) is 1. The summed E-state index contributed by atoms with van der Waals surface area (Å²) in [6, 6.07) is 6.10. The van der Waals surface area contributed by atoms with Crippen LogP contribution in [0.15, 0.2) is 65.8 Å². The second kappa shape index (κ2) is 29.3. The van der Waals surface area contributed by atoms with Crippen molar-refractivity contribution >= 4 is 75.9 Å². The van der Waals surface area contributed by atoms with Crippen molar-refractivity contribution in [1.29, 1.82) is 0 Å². The molecule has 4 rings (SSSR count). The van der Waals surface area contributed by atoms with Gasteiger partial charge in [-0.3, -0.25) is 52.9 Å². The number of nitrogens with two attached hydrogens (primary N) is 4. The molecule has 0 aliphatic carbocycles. The Bertz CT molecular complexity index is 2440. The van der Waals surface area contributed by atoms with Crippen LogP contribution >= 0.6 is 0 Å². The fourth-order valence-electron chi connectivity index (χ4n) is 8.13. The Labute approximate surface area is 422 Å². The summed E-state index contributed by atoms with van der Waals surface area (Å²) in [4.78, 5) is 143. The Morgan fingerprint density at radius 2 is 1.34 bits per heavy atom. The standard InChI is InChI=1S/C49H70N14O10/c1-3-4-16-34(57-28(2)64)43(68)63-39-26-41(66)54-22-11-10-18-33(42(51)67)58-47(72)38(25-30-27-56-32-17-9-8-15-31(30)32)62-44(69)35(19-12-23-55-49(52)53)59-46(71)37(24-29-13-6-5-7-14-29)61-45(70)36(60-48(39)73)20-21-40(50)65/h5-9,13-15,17,27,33-39,56H,3-4,10-12,16,18-26H2,1-2H3,(H2,50,65)(H2,51,67)(H,54,66)(H,57,64)(H,58,72)(H,59,71)(H,60,73)(H,61,70)(H,62,69)(H,63,68)(H4,52,53,55)/t33-,34-,35-,36-,37+,38-,39-/m0/s1. The van der Waals surface area contributed by atoms with Crippen molar-refractivity contribution in [3.63, 3.8) is 0 Å². The molecule has 2 aromatic carbocycles. The number of H-pyrrole nitrogens is 1. The number of amides is 10. The number of unbranched alkanes of at least 4 members (excludes halogenated alkanes) is 1. The Balaban J connectivity index is 1.79. The molecule has 1 saturated heterocycles. The third-order valence-electron chi connectivity index (χ3n) is 12.0. The molecule has 0 spiro atoms. The lowest BCUT2D eigenvalue weighted by Gasteiger charge is -2.28. The van der Waals surface area contributed by atoms with Crippen LogP contribution in [0.1, 0.15) is 95.6 Å². The van der Waals surface area contributed by atoms with Crippen molar-refractivity contribution in [3.05, 3.63) is 71.9 Å². The van der Waals surface area contributed by atoms with E-state index in [1.165, 1.54) is 6.92 Å². The Morgan fingerprint density at radius 1 is 0.726 bits per heavy atom. The molecule has 3 aromatic rings. The Morgan fingerprint density at radius 3 is 2.00 bits per heavy atom. The lowest BCUT2D eigenvalue weighted by molar-refractivity contribution is -0.136. The van der Waals surface area contributed by atoms with Crippen LogP contribution in [0.4, 0.5) is 0 Å². The average molecular weight is 1020 g/mol. The van der Waals surface area contributed by atoms with E-state index in [0.717, 1.165) is 10.9 Å². The molecule has 1 aromatic heterocycles. The average Bonchev–Trinajstić information content (AvgIpc) is 3.75. The SMILES string of the molecule is CCCC[C@H](NC(C)=O)C(=O)N[C@H]1CC(=O)NCCCC[C@@H](C(N)=O)NC(=O)[C@H](Cc2c[nH]c3ccccc23)NC(=O)[C@H](CCCN=C(N)N)NC(=O)[C@@H](Cc2ccccc2)NC(=O)[C@H](CCC(N)=O)NC1=O. The number of hydrogen-bond acceptors (Lipinski definition) is 11. The van der Waals surface area contributed by atoms with Gasteiger partial charge in [-0.25, -0.2) is 0 Å². The molecule has 1 fully saturated rings. The maximum absolute atomic E-state index is 14.6. The van der Waals surface area contributed by atoms with Crippen LogP contribution in [-0.4, -0.2) is 125 Å². The fraction of sp³-hybridized carbons (Fsp3) is 0.490. The van der Waals surface area contributed by atoms with Gasteiger partial charge in [-0.1, -0.05) is 68.3 Å². The van der Waals surface area contributed by atoms with Crippen LogP contribution in [0.2, 0.25) is 0 Å². The van der Waals surface area contributed by atoms with E-state index in [1.54, 1.807) is 42.6 Å². The molecule has 396 valence electrons. The number of guanidine groups is 1. The van der Waals surface area contributed by atoms with Crippen LogP contribution in [-0.2, 0) is 60.8 Å². The summed E-state index contributed by atoms with van der Waals surface area (Å²) in [6.07, 6.45) is 1.99. The molecule has 17 N–H and O–H groups in total. The number of fused-ring (bicyclic) bond motifs is 1. The van der Waals surface area contributed by atoms with Crippen molar-refractivity contribution in [2.45, 2.75) is 140 Å². The van der Waals surface area contributed by atoms with E-state index in [1.807, 2.05) is 25.1 Å². The number of carbonyl (C=O) groups is 10. The number of aromatic nitrogens is 1. The van der Waals surface area contributed by atoms with Gasteiger partial charge in [-0.15, -0.1) is 0 Å². The molecule has 1 aliphatic rings. The van der Waals surface area contributed by atoms with Gasteiger partial charge in [0, 0.05) is 56.4 Å². The minimum absolute atomic E-state index is 0.0167. The molecule has 0 unspecified atom stereocenters. The number of aliphatic imine (C=N–C) groups is 1. The van der Waals surface area contributed by atoms with Crippen LogP contribution in [0.25, 0.3) is 10.9 Å². The van der Waals surface area contributed by atoms with Gasteiger partial charge in [0.05, 0.1) is 6.42 Å². The van der Waals surface area contributed by atoms with Crippen LogP contribution in [0.3, 0.4) is 0 Å². The molecule has 2 heterocycles. The van der Waals surface area contributed by atoms with Crippen molar-refractivity contribution in [2.75, 3.05) is 13.1 Å².